The molecule has 10 nitrogen and oxygen atoms in total. The smallest absolute Gasteiger partial charge is 0.257 e. The van der Waals surface area contributed by atoms with Gasteiger partial charge in [-0.25, -0.2) is 15.0 Å². The summed E-state index contributed by atoms with van der Waals surface area (Å²) >= 11 is 0. The van der Waals surface area contributed by atoms with Crippen molar-refractivity contribution in [2.24, 2.45) is 7.05 Å². The molecule has 1 saturated heterocycles. The minimum absolute atomic E-state index is 0.250. The van der Waals surface area contributed by atoms with E-state index in [2.05, 4.69) is 25.4 Å². The highest BCUT2D eigenvalue weighted by Crippen LogP contribution is 2.31. The summed E-state index contributed by atoms with van der Waals surface area (Å²) in [6, 6.07) is 6.97. The number of aromatic nitrogens is 5. The number of benzene rings is 1. The summed E-state index contributed by atoms with van der Waals surface area (Å²) in [7, 11) is 1.80. The summed E-state index contributed by atoms with van der Waals surface area (Å²) < 4.78 is 7.66. The lowest BCUT2D eigenvalue weighted by Crippen LogP contribution is -2.26. The Balaban J connectivity index is 1.40. The number of carbonyl (C=O) groups is 1. The summed E-state index contributed by atoms with van der Waals surface area (Å²) in [5.74, 6) is 0.802. The molecule has 1 atom stereocenters. The second-order valence-electron chi connectivity index (χ2n) is 8.38. The first-order chi connectivity index (χ1) is 16.5. The van der Waals surface area contributed by atoms with E-state index in [1.54, 1.807) is 36.1 Å². The number of anilines is 1. The van der Waals surface area contributed by atoms with E-state index in [4.69, 9.17) is 4.74 Å². The second kappa shape index (κ2) is 9.16. The van der Waals surface area contributed by atoms with E-state index >= 15 is 0 Å². The Hall–Kier alpha value is -3.89. The van der Waals surface area contributed by atoms with E-state index < -0.39 is 6.23 Å². The van der Waals surface area contributed by atoms with Crippen LogP contribution in [0, 0.1) is 6.92 Å². The molecule has 0 radical (unpaired) electrons. The van der Waals surface area contributed by atoms with E-state index in [0.29, 0.717) is 28.3 Å². The quantitative estimate of drug-likeness (QED) is 0.451. The van der Waals surface area contributed by atoms with Crippen molar-refractivity contribution in [2.75, 3.05) is 18.4 Å². The van der Waals surface area contributed by atoms with E-state index in [-0.39, 0.29) is 11.8 Å². The number of nitrogens with zero attached hydrogens (tertiary/aromatic N) is 6. The lowest BCUT2D eigenvalue weighted by atomic mass is 10.1. The summed E-state index contributed by atoms with van der Waals surface area (Å²) in [6.07, 6.45) is 7.84. The average molecular weight is 460 g/mol. The van der Waals surface area contributed by atoms with Gasteiger partial charge in [0, 0.05) is 38.1 Å². The topological polar surface area (TPSA) is 118 Å². The first-order valence-corrected chi connectivity index (χ1v) is 11.1. The number of carbonyl (C=O) groups excluding carboxylic acids is 1. The molecular formula is C24H25N7O3. The van der Waals surface area contributed by atoms with Crippen LogP contribution in [0.15, 0.2) is 49.1 Å². The summed E-state index contributed by atoms with van der Waals surface area (Å²) in [6.45, 7) is 3.61. The Kier molecular flexibility index (Phi) is 5.91. The molecule has 174 valence electrons. The van der Waals surface area contributed by atoms with Crippen LogP contribution < -0.4 is 10.1 Å². The maximum atomic E-state index is 12.9. The van der Waals surface area contributed by atoms with E-state index in [0.717, 1.165) is 36.9 Å². The van der Waals surface area contributed by atoms with Gasteiger partial charge in [0.05, 0.1) is 23.3 Å². The molecule has 1 aliphatic heterocycles. The highest BCUT2D eigenvalue weighted by atomic mass is 16.5. The Bertz CT molecular complexity index is 1310. The van der Waals surface area contributed by atoms with Crippen LogP contribution in [-0.2, 0) is 7.05 Å². The van der Waals surface area contributed by atoms with Crippen LogP contribution >= 0.6 is 0 Å². The highest BCUT2D eigenvalue weighted by Gasteiger charge is 2.22. The van der Waals surface area contributed by atoms with E-state index in [1.807, 2.05) is 24.1 Å². The number of nitrogens with one attached hydrogen (secondary N) is 1. The molecule has 1 aliphatic rings. The Morgan fingerprint density at radius 3 is 2.65 bits per heavy atom. The second-order valence-corrected chi connectivity index (χ2v) is 8.38. The lowest BCUT2D eigenvalue weighted by molar-refractivity contribution is 0.0152. The largest absolute Gasteiger partial charge is 0.437 e. The minimum atomic E-state index is -0.781. The molecule has 4 aromatic rings. The third-order valence-corrected chi connectivity index (χ3v) is 5.73. The van der Waals surface area contributed by atoms with Crippen molar-refractivity contribution < 1.29 is 14.6 Å². The maximum absolute atomic E-state index is 12.9. The number of aliphatic hydroxyl groups is 1. The molecule has 3 aromatic heterocycles. The maximum Gasteiger partial charge on any atom is 0.257 e. The van der Waals surface area contributed by atoms with Gasteiger partial charge in [-0.15, -0.1) is 0 Å². The zero-order chi connectivity index (χ0) is 23.7. The zero-order valence-electron chi connectivity index (χ0n) is 19.0. The first-order valence-electron chi connectivity index (χ1n) is 11.1. The standard InChI is InChI=1S/C24H25N7O3/c1-15-5-6-21(26-11-15)28-23(32)16-9-18-17(14-30(2)29-18)20(10-16)34-22-13-25-19(12-27-22)24(33)31-7-3-4-8-31/h5-6,9-14,24,33H,3-4,7-8H2,1-2H3,(H,26,28,32). The molecular weight excluding hydrogens is 434 g/mol. The van der Waals surface area contributed by atoms with Crippen LogP contribution in [0.2, 0.25) is 0 Å². The number of aliphatic hydroxyl groups excluding tert-OH is 1. The summed E-state index contributed by atoms with van der Waals surface area (Å²) in [4.78, 5) is 27.8. The molecule has 10 heteroatoms. The SMILES string of the molecule is Cc1ccc(NC(=O)c2cc(Oc3cnc(C(O)N4CCCC4)cn3)c3cn(C)nc3c2)nc1. The van der Waals surface area contributed by atoms with Crippen molar-refractivity contribution in [3.05, 3.63) is 65.9 Å². The molecule has 1 unspecified atom stereocenters. The molecule has 4 heterocycles. The summed E-state index contributed by atoms with van der Waals surface area (Å²) in [5.41, 5.74) is 2.46. The summed E-state index contributed by atoms with van der Waals surface area (Å²) in [5, 5.41) is 18.5. The zero-order valence-corrected chi connectivity index (χ0v) is 19.0. The molecule has 34 heavy (non-hydrogen) atoms. The number of hydrogen-bond acceptors (Lipinski definition) is 8. The van der Waals surface area contributed by atoms with E-state index in [9.17, 15) is 9.90 Å². The van der Waals surface area contributed by atoms with Gasteiger partial charge in [-0.05, 0) is 43.5 Å². The van der Waals surface area contributed by atoms with Crippen LogP contribution in [0.3, 0.4) is 0 Å². The predicted octanol–water partition coefficient (Wildman–Crippen LogP) is 3.20. The van der Waals surface area contributed by atoms with Crippen LogP contribution in [0.1, 0.15) is 40.7 Å². The van der Waals surface area contributed by atoms with Gasteiger partial charge in [-0.3, -0.25) is 14.4 Å². The fourth-order valence-corrected chi connectivity index (χ4v) is 3.95. The third-order valence-electron chi connectivity index (χ3n) is 5.73. The number of likely N-dealkylation sites (tertiary alicyclic amines) is 1. The van der Waals surface area contributed by atoms with Crippen molar-refractivity contribution in [3.8, 4) is 11.6 Å². The van der Waals surface area contributed by atoms with Gasteiger partial charge in [0.15, 0.2) is 6.23 Å². The van der Waals surface area contributed by atoms with Crippen molar-refractivity contribution >= 4 is 22.6 Å². The van der Waals surface area contributed by atoms with Gasteiger partial charge in [0.1, 0.15) is 17.3 Å². The van der Waals surface area contributed by atoms with Gasteiger partial charge in [0.2, 0.25) is 5.88 Å². The fraction of sp³-hybridized carbons (Fsp3) is 0.292. The fourth-order valence-electron chi connectivity index (χ4n) is 3.95. The van der Waals surface area contributed by atoms with Crippen molar-refractivity contribution in [3.63, 3.8) is 0 Å². The van der Waals surface area contributed by atoms with Crippen molar-refractivity contribution in [2.45, 2.75) is 26.0 Å². The van der Waals surface area contributed by atoms with Crippen LogP contribution in [0.5, 0.6) is 11.6 Å². The molecule has 1 aromatic carbocycles. The number of rotatable bonds is 6. The minimum Gasteiger partial charge on any atom is -0.437 e. The normalized spacial score (nSPS) is 14.9. The van der Waals surface area contributed by atoms with Crippen LogP contribution in [0.4, 0.5) is 5.82 Å². The highest BCUT2D eigenvalue weighted by molar-refractivity contribution is 6.06. The van der Waals surface area contributed by atoms with Gasteiger partial charge < -0.3 is 15.2 Å². The molecule has 5 rings (SSSR count). The molecule has 0 bridgehead atoms. The lowest BCUT2D eigenvalue weighted by Gasteiger charge is -2.21. The number of ether oxygens (including phenoxy) is 1. The van der Waals surface area contributed by atoms with Gasteiger partial charge in [-0.1, -0.05) is 6.07 Å². The number of aryl methyl sites for hydroxylation is 2. The number of amides is 1. The number of pyridine rings is 1. The number of hydrogen-bond donors (Lipinski definition) is 2. The molecule has 0 spiro atoms. The molecule has 0 saturated carbocycles. The Labute approximate surface area is 196 Å². The predicted molar refractivity (Wildman–Crippen MR) is 126 cm³/mol. The van der Waals surface area contributed by atoms with Gasteiger partial charge in [0.25, 0.3) is 5.91 Å². The Morgan fingerprint density at radius 1 is 1.12 bits per heavy atom. The average Bonchev–Trinajstić information content (AvgIpc) is 3.50. The molecule has 0 aliphatic carbocycles. The molecule has 1 amide bonds. The third kappa shape index (κ3) is 4.59. The van der Waals surface area contributed by atoms with Crippen LogP contribution in [-0.4, -0.2) is 53.7 Å². The molecule has 2 N–H and O–H groups in total. The van der Waals surface area contributed by atoms with E-state index in [1.165, 1.54) is 12.4 Å². The monoisotopic (exact) mass is 459 g/mol. The number of fused-ring (bicyclic) bond motifs is 1. The van der Waals surface area contributed by atoms with Crippen LogP contribution in [0.25, 0.3) is 10.9 Å². The Morgan fingerprint density at radius 2 is 1.94 bits per heavy atom. The first kappa shape index (κ1) is 21.9. The van der Waals surface area contributed by atoms with Crippen molar-refractivity contribution in [1.82, 2.24) is 29.6 Å². The van der Waals surface area contributed by atoms with Gasteiger partial charge in [-0.2, -0.15) is 5.10 Å². The molecule has 1 fully saturated rings. The van der Waals surface area contributed by atoms with Crippen molar-refractivity contribution in [1.29, 1.82) is 0 Å². The van der Waals surface area contributed by atoms with Gasteiger partial charge >= 0.3 is 0 Å².